The van der Waals surface area contributed by atoms with Crippen LogP contribution in [0.4, 0.5) is 10.8 Å². The van der Waals surface area contributed by atoms with Crippen LogP contribution in [0.1, 0.15) is 32.3 Å². The van der Waals surface area contributed by atoms with Gasteiger partial charge in [-0.25, -0.2) is 4.52 Å². The molecule has 1 aliphatic heterocycles. The maximum atomic E-state index is 9.17. The average molecular weight is 486 g/mol. The zero-order valence-corrected chi connectivity index (χ0v) is 20.5. The standard InChI is InChI=1S/C25H27N9S/c1-14(2)30-20-8-21(22-6-5-18-7-15(9-26)10-29-34(18)22)28-11-19(20)24-31-32-25(35-24)33-12-16-3-4-17(13-33)23(16)27/h5-8,10-11,14,16-17,23H,3-4,12-13,27H2,1-2H3,(H,28,30). The van der Waals surface area contributed by atoms with Crippen molar-refractivity contribution in [2.75, 3.05) is 23.3 Å². The number of aromatic nitrogens is 5. The molecule has 35 heavy (non-hydrogen) atoms. The van der Waals surface area contributed by atoms with Crippen LogP contribution in [0.25, 0.3) is 27.5 Å². The summed E-state index contributed by atoms with van der Waals surface area (Å²) in [6, 6.07) is 10.5. The molecule has 2 atom stereocenters. The maximum absolute atomic E-state index is 9.17. The first-order valence-corrected chi connectivity index (χ1v) is 12.8. The fraction of sp³-hybridized carbons (Fsp3) is 0.400. The van der Waals surface area contributed by atoms with Crippen LogP contribution in [-0.2, 0) is 0 Å². The summed E-state index contributed by atoms with van der Waals surface area (Å²) >= 11 is 1.61. The van der Waals surface area contributed by atoms with Crippen LogP contribution in [0.3, 0.4) is 0 Å². The molecular formula is C25H27N9S. The summed E-state index contributed by atoms with van der Waals surface area (Å²) in [7, 11) is 0. The van der Waals surface area contributed by atoms with Gasteiger partial charge in [-0.2, -0.15) is 10.4 Å². The summed E-state index contributed by atoms with van der Waals surface area (Å²) in [6.45, 7) is 6.14. The van der Waals surface area contributed by atoms with E-state index in [-0.39, 0.29) is 6.04 Å². The Kier molecular flexibility index (Phi) is 5.39. The van der Waals surface area contributed by atoms with E-state index in [9.17, 15) is 0 Å². The molecule has 0 amide bonds. The van der Waals surface area contributed by atoms with E-state index in [1.165, 1.54) is 12.8 Å². The molecule has 0 spiro atoms. The molecule has 0 radical (unpaired) electrons. The van der Waals surface area contributed by atoms with Crippen LogP contribution < -0.4 is 16.0 Å². The van der Waals surface area contributed by atoms with E-state index < -0.39 is 0 Å². The highest BCUT2D eigenvalue weighted by atomic mass is 32.1. The van der Waals surface area contributed by atoms with E-state index in [1.54, 1.807) is 22.0 Å². The van der Waals surface area contributed by atoms with Crippen molar-refractivity contribution in [1.82, 2.24) is 24.8 Å². The second-order valence-corrected chi connectivity index (χ2v) is 10.8. The van der Waals surface area contributed by atoms with Crippen LogP contribution >= 0.6 is 11.3 Å². The monoisotopic (exact) mass is 485 g/mol. The van der Waals surface area contributed by atoms with Crippen molar-refractivity contribution in [3.63, 3.8) is 0 Å². The number of hydrogen-bond acceptors (Lipinski definition) is 9. The van der Waals surface area contributed by atoms with Gasteiger partial charge in [0, 0.05) is 37.1 Å². The van der Waals surface area contributed by atoms with Gasteiger partial charge in [0.25, 0.3) is 0 Å². The summed E-state index contributed by atoms with van der Waals surface area (Å²) in [6.07, 6.45) is 5.86. The SMILES string of the molecule is CC(C)Nc1cc(-c2ccc3cc(C#N)cnn23)ncc1-c1nnc(N2CC3CCC(C2)C3N)s1. The second kappa shape index (κ2) is 8.59. The Bertz CT molecular complexity index is 1420. The van der Waals surface area contributed by atoms with Gasteiger partial charge in [-0.3, -0.25) is 4.98 Å². The minimum Gasteiger partial charge on any atom is -0.382 e. The van der Waals surface area contributed by atoms with Crippen molar-refractivity contribution in [2.45, 2.75) is 38.8 Å². The third kappa shape index (κ3) is 3.90. The van der Waals surface area contributed by atoms with E-state index in [1.807, 2.05) is 30.5 Å². The van der Waals surface area contributed by atoms with Crippen LogP contribution in [0, 0.1) is 23.2 Å². The molecule has 2 aliphatic rings. The average Bonchev–Trinajstić information content (AvgIpc) is 3.54. The molecule has 5 heterocycles. The Balaban J connectivity index is 1.34. The molecule has 4 aromatic heterocycles. The normalized spacial score (nSPS) is 21.6. The lowest BCUT2D eigenvalue weighted by atomic mass is 9.93. The quantitative estimate of drug-likeness (QED) is 0.438. The molecule has 3 N–H and O–H groups in total. The molecule has 1 saturated carbocycles. The first-order chi connectivity index (χ1) is 17.0. The molecule has 2 bridgehead atoms. The minimum absolute atomic E-state index is 0.232. The lowest BCUT2D eigenvalue weighted by Gasteiger charge is -2.35. The van der Waals surface area contributed by atoms with Gasteiger partial charge in [0.15, 0.2) is 5.01 Å². The van der Waals surface area contributed by atoms with Gasteiger partial charge in [0.2, 0.25) is 5.13 Å². The Morgan fingerprint density at radius 3 is 2.69 bits per heavy atom. The van der Waals surface area contributed by atoms with Crippen LogP contribution in [0.2, 0.25) is 0 Å². The van der Waals surface area contributed by atoms with Gasteiger partial charge in [-0.05, 0) is 62.8 Å². The first kappa shape index (κ1) is 21.9. The van der Waals surface area contributed by atoms with E-state index in [0.29, 0.717) is 23.4 Å². The molecule has 178 valence electrons. The molecule has 10 heteroatoms. The number of anilines is 2. The second-order valence-electron chi connectivity index (χ2n) is 9.80. The topological polar surface area (TPSA) is 121 Å². The fourth-order valence-corrected chi connectivity index (χ4v) is 6.21. The number of rotatable bonds is 5. The predicted molar refractivity (Wildman–Crippen MR) is 137 cm³/mol. The highest BCUT2D eigenvalue weighted by Crippen LogP contribution is 2.40. The van der Waals surface area contributed by atoms with Gasteiger partial charge in [0.1, 0.15) is 6.07 Å². The maximum Gasteiger partial charge on any atom is 0.208 e. The van der Waals surface area contributed by atoms with E-state index in [2.05, 4.69) is 45.4 Å². The molecule has 1 saturated heterocycles. The smallest absolute Gasteiger partial charge is 0.208 e. The Morgan fingerprint density at radius 2 is 1.94 bits per heavy atom. The first-order valence-electron chi connectivity index (χ1n) is 12.0. The number of hydrogen-bond donors (Lipinski definition) is 2. The number of pyridine rings is 1. The summed E-state index contributed by atoms with van der Waals surface area (Å²) in [5.74, 6) is 1.10. The van der Waals surface area contributed by atoms with Crippen LogP contribution in [0.15, 0.2) is 36.7 Å². The lowest BCUT2D eigenvalue weighted by molar-refractivity contribution is 0.356. The highest BCUT2D eigenvalue weighted by molar-refractivity contribution is 7.18. The van der Waals surface area contributed by atoms with Gasteiger partial charge >= 0.3 is 0 Å². The Labute approximate surface area is 207 Å². The largest absolute Gasteiger partial charge is 0.382 e. The summed E-state index contributed by atoms with van der Waals surface area (Å²) in [5.41, 5.74) is 11.3. The van der Waals surface area contributed by atoms with Gasteiger partial charge in [0.05, 0.1) is 34.2 Å². The zero-order valence-electron chi connectivity index (χ0n) is 19.7. The number of nitrogens with one attached hydrogen (secondary N) is 1. The van der Waals surface area contributed by atoms with Crippen LogP contribution in [0.5, 0.6) is 0 Å². The third-order valence-corrected chi connectivity index (χ3v) is 8.08. The highest BCUT2D eigenvalue weighted by Gasteiger charge is 2.40. The van der Waals surface area contributed by atoms with E-state index in [4.69, 9.17) is 16.0 Å². The summed E-state index contributed by atoms with van der Waals surface area (Å²) < 4.78 is 1.81. The van der Waals surface area contributed by atoms with Crippen molar-refractivity contribution in [1.29, 1.82) is 5.26 Å². The Morgan fingerprint density at radius 1 is 1.14 bits per heavy atom. The summed E-state index contributed by atoms with van der Waals surface area (Å²) in [5, 5.41) is 28.1. The molecule has 6 rings (SSSR count). The molecule has 2 fully saturated rings. The van der Waals surface area contributed by atoms with Gasteiger partial charge in [-0.1, -0.05) is 11.3 Å². The van der Waals surface area contributed by atoms with Crippen molar-refractivity contribution < 1.29 is 0 Å². The number of fused-ring (bicyclic) bond motifs is 3. The molecule has 1 aliphatic carbocycles. The molecule has 9 nitrogen and oxygen atoms in total. The number of nitriles is 1. The third-order valence-electron chi connectivity index (χ3n) is 7.06. The molecular weight excluding hydrogens is 458 g/mol. The number of nitrogens with two attached hydrogens (primary N) is 1. The molecule has 4 aromatic rings. The molecule has 2 unspecified atom stereocenters. The number of nitrogens with zero attached hydrogens (tertiary/aromatic N) is 7. The lowest BCUT2D eigenvalue weighted by Crippen LogP contribution is -2.48. The van der Waals surface area contributed by atoms with Crippen molar-refractivity contribution in [3.8, 4) is 28.0 Å². The van der Waals surface area contributed by atoms with Crippen molar-refractivity contribution >= 4 is 27.7 Å². The Hall–Kier alpha value is -3.55. The predicted octanol–water partition coefficient (Wildman–Crippen LogP) is 3.78. The fourth-order valence-electron chi connectivity index (χ4n) is 5.32. The van der Waals surface area contributed by atoms with Gasteiger partial charge in [-0.15, -0.1) is 10.2 Å². The summed E-state index contributed by atoms with van der Waals surface area (Å²) in [4.78, 5) is 7.13. The van der Waals surface area contributed by atoms with E-state index in [0.717, 1.165) is 51.4 Å². The van der Waals surface area contributed by atoms with Crippen LogP contribution in [-0.4, -0.2) is 50.0 Å². The molecule has 0 aromatic carbocycles. The van der Waals surface area contributed by atoms with E-state index >= 15 is 0 Å². The number of piperidine rings is 1. The minimum atomic E-state index is 0.232. The zero-order chi connectivity index (χ0) is 24.1. The van der Waals surface area contributed by atoms with Gasteiger partial charge < -0.3 is 16.0 Å². The van der Waals surface area contributed by atoms with Crippen molar-refractivity contribution in [3.05, 3.63) is 42.2 Å². The van der Waals surface area contributed by atoms with Crippen molar-refractivity contribution in [2.24, 2.45) is 17.6 Å².